The van der Waals surface area contributed by atoms with E-state index in [0.717, 1.165) is 32.0 Å². The molecule has 1 aliphatic heterocycles. The van der Waals surface area contributed by atoms with Gasteiger partial charge in [0.2, 0.25) is 0 Å². The zero-order chi connectivity index (χ0) is 15.6. The molecule has 0 radical (unpaired) electrons. The lowest BCUT2D eigenvalue weighted by Crippen LogP contribution is -2.37. The lowest BCUT2D eigenvalue weighted by Gasteiger charge is -2.23. The van der Waals surface area contributed by atoms with E-state index in [-0.39, 0.29) is 0 Å². The fourth-order valence-electron chi connectivity index (χ4n) is 2.67. The molecule has 1 N–H and O–H groups in total. The number of guanidine groups is 1. The van der Waals surface area contributed by atoms with Crippen LogP contribution in [-0.4, -0.2) is 44.2 Å². The minimum absolute atomic E-state index is 0.472. The average Bonchev–Trinajstić information content (AvgIpc) is 2.55. The van der Waals surface area contributed by atoms with Crippen LogP contribution in [0.4, 0.5) is 0 Å². The third-order valence-corrected chi connectivity index (χ3v) is 3.94. The second kappa shape index (κ2) is 9.46. The van der Waals surface area contributed by atoms with Crippen molar-refractivity contribution in [2.75, 3.05) is 27.2 Å². The lowest BCUT2D eigenvalue weighted by molar-refractivity contribution is 0.0103. The normalized spacial score (nSPS) is 19.0. The zero-order valence-electron chi connectivity index (χ0n) is 13.9. The Balaban J connectivity index is 1.71. The van der Waals surface area contributed by atoms with Crippen LogP contribution in [0, 0.1) is 0 Å². The van der Waals surface area contributed by atoms with Gasteiger partial charge in [0.05, 0.1) is 12.6 Å². The lowest BCUT2D eigenvalue weighted by atomic mass is 10.0. The molecule has 4 heteroatoms. The van der Waals surface area contributed by atoms with Crippen LogP contribution in [0.2, 0.25) is 0 Å². The van der Waals surface area contributed by atoms with E-state index < -0.39 is 0 Å². The summed E-state index contributed by atoms with van der Waals surface area (Å²) in [5.74, 6) is 0.952. The first-order valence-electron chi connectivity index (χ1n) is 8.37. The van der Waals surface area contributed by atoms with Crippen LogP contribution in [-0.2, 0) is 11.3 Å². The topological polar surface area (TPSA) is 36.9 Å². The van der Waals surface area contributed by atoms with E-state index in [1.807, 2.05) is 25.1 Å². The van der Waals surface area contributed by atoms with Gasteiger partial charge in [0.25, 0.3) is 0 Å². The van der Waals surface area contributed by atoms with Gasteiger partial charge in [-0.15, -0.1) is 0 Å². The van der Waals surface area contributed by atoms with Gasteiger partial charge in [0, 0.05) is 27.2 Å². The Morgan fingerprint density at radius 1 is 1.27 bits per heavy atom. The molecule has 0 aromatic heterocycles. The molecular formula is C18H29N3O. The molecule has 1 aromatic carbocycles. The summed E-state index contributed by atoms with van der Waals surface area (Å²) in [6.45, 7) is 2.61. The standard InChI is InChI=1S/C18H29N3O/c1-21(2)18(20-15-16-9-4-3-5-10-16)19-13-8-12-17-11-6-7-14-22-17/h3-5,9-10,17H,6-8,11-15H2,1-2H3,(H,19,20). The summed E-state index contributed by atoms with van der Waals surface area (Å²) in [5.41, 5.74) is 1.24. The first kappa shape index (κ1) is 16.8. The number of nitrogens with zero attached hydrogens (tertiary/aromatic N) is 2. The predicted octanol–water partition coefficient (Wildman–Crippen LogP) is 3.04. The van der Waals surface area contributed by atoms with E-state index in [9.17, 15) is 0 Å². The van der Waals surface area contributed by atoms with E-state index in [4.69, 9.17) is 4.74 Å². The van der Waals surface area contributed by atoms with Crippen LogP contribution < -0.4 is 5.32 Å². The molecule has 2 rings (SSSR count). The van der Waals surface area contributed by atoms with Crippen LogP contribution in [0.25, 0.3) is 0 Å². The van der Waals surface area contributed by atoms with Gasteiger partial charge in [-0.2, -0.15) is 0 Å². The highest BCUT2D eigenvalue weighted by Crippen LogP contribution is 2.16. The number of ether oxygens (including phenoxy) is 1. The minimum Gasteiger partial charge on any atom is -0.378 e. The zero-order valence-corrected chi connectivity index (χ0v) is 13.9. The molecule has 1 atom stereocenters. The van der Waals surface area contributed by atoms with Crippen molar-refractivity contribution in [3.63, 3.8) is 0 Å². The number of hydrogen-bond donors (Lipinski definition) is 1. The fourth-order valence-corrected chi connectivity index (χ4v) is 2.67. The van der Waals surface area contributed by atoms with Crippen LogP contribution in [0.5, 0.6) is 0 Å². The number of aliphatic imine (C=N–C) groups is 1. The van der Waals surface area contributed by atoms with Crippen molar-refractivity contribution in [2.24, 2.45) is 4.99 Å². The van der Waals surface area contributed by atoms with Gasteiger partial charge in [-0.1, -0.05) is 30.3 Å². The molecular weight excluding hydrogens is 274 g/mol. The van der Waals surface area contributed by atoms with Crippen molar-refractivity contribution in [1.82, 2.24) is 10.2 Å². The Morgan fingerprint density at radius 3 is 2.77 bits per heavy atom. The summed E-state index contributed by atoms with van der Waals surface area (Å²) in [6, 6.07) is 10.4. The van der Waals surface area contributed by atoms with Crippen molar-refractivity contribution < 1.29 is 4.74 Å². The molecule has 1 unspecified atom stereocenters. The van der Waals surface area contributed by atoms with Crippen LogP contribution in [0.15, 0.2) is 35.3 Å². The largest absolute Gasteiger partial charge is 0.378 e. The molecule has 4 nitrogen and oxygen atoms in total. The molecule has 1 aliphatic rings. The summed E-state index contributed by atoms with van der Waals surface area (Å²) < 4.78 is 5.77. The number of benzene rings is 1. The first-order valence-corrected chi connectivity index (χ1v) is 8.37. The molecule has 22 heavy (non-hydrogen) atoms. The molecule has 0 amide bonds. The fraction of sp³-hybridized carbons (Fsp3) is 0.611. The van der Waals surface area contributed by atoms with Gasteiger partial charge in [-0.05, 0) is 37.7 Å². The molecule has 0 saturated carbocycles. The van der Waals surface area contributed by atoms with Crippen LogP contribution in [0.3, 0.4) is 0 Å². The first-order chi connectivity index (χ1) is 10.8. The van der Waals surface area contributed by atoms with Gasteiger partial charge in [0.1, 0.15) is 0 Å². The number of hydrogen-bond acceptors (Lipinski definition) is 2. The highest BCUT2D eigenvalue weighted by Gasteiger charge is 2.13. The Morgan fingerprint density at radius 2 is 2.09 bits per heavy atom. The average molecular weight is 303 g/mol. The Kier molecular flexibility index (Phi) is 7.23. The van der Waals surface area contributed by atoms with Gasteiger partial charge in [-0.25, -0.2) is 4.99 Å². The Bertz CT molecular complexity index is 439. The third-order valence-electron chi connectivity index (χ3n) is 3.94. The maximum atomic E-state index is 5.77. The van der Waals surface area contributed by atoms with Crippen molar-refractivity contribution >= 4 is 5.96 Å². The monoisotopic (exact) mass is 303 g/mol. The molecule has 122 valence electrons. The van der Waals surface area contributed by atoms with Crippen molar-refractivity contribution in [2.45, 2.75) is 44.8 Å². The van der Waals surface area contributed by atoms with E-state index in [2.05, 4.69) is 34.6 Å². The molecule has 1 fully saturated rings. The van der Waals surface area contributed by atoms with Crippen molar-refractivity contribution in [3.05, 3.63) is 35.9 Å². The maximum absolute atomic E-state index is 5.77. The van der Waals surface area contributed by atoms with Gasteiger partial charge in [-0.3, -0.25) is 0 Å². The third kappa shape index (κ3) is 6.06. The summed E-state index contributed by atoms with van der Waals surface area (Å²) in [4.78, 5) is 6.72. The SMILES string of the molecule is CN(C)C(=NCc1ccccc1)NCCCC1CCCCO1. The predicted molar refractivity (Wildman–Crippen MR) is 92.1 cm³/mol. The molecule has 1 saturated heterocycles. The molecule has 0 aliphatic carbocycles. The van der Waals surface area contributed by atoms with Crippen molar-refractivity contribution in [1.29, 1.82) is 0 Å². The summed E-state index contributed by atoms with van der Waals surface area (Å²) >= 11 is 0. The van der Waals surface area contributed by atoms with Crippen LogP contribution >= 0.6 is 0 Å². The highest BCUT2D eigenvalue weighted by molar-refractivity contribution is 5.79. The molecule has 0 spiro atoms. The summed E-state index contributed by atoms with van der Waals surface area (Å²) in [6.07, 6.45) is 6.52. The smallest absolute Gasteiger partial charge is 0.193 e. The van der Waals surface area contributed by atoms with Crippen molar-refractivity contribution in [3.8, 4) is 0 Å². The Labute approximate surface area is 134 Å². The van der Waals surface area contributed by atoms with Gasteiger partial charge in [0.15, 0.2) is 5.96 Å². The summed E-state index contributed by atoms with van der Waals surface area (Å²) in [5, 5.41) is 3.45. The van der Waals surface area contributed by atoms with E-state index in [0.29, 0.717) is 12.6 Å². The number of nitrogens with one attached hydrogen (secondary N) is 1. The second-order valence-corrected chi connectivity index (χ2v) is 6.08. The second-order valence-electron chi connectivity index (χ2n) is 6.08. The van der Waals surface area contributed by atoms with E-state index in [1.54, 1.807) is 0 Å². The minimum atomic E-state index is 0.472. The number of rotatable bonds is 6. The van der Waals surface area contributed by atoms with Crippen LogP contribution in [0.1, 0.15) is 37.7 Å². The van der Waals surface area contributed by atoms with Gasteiger partial charge >= 0.3 is 0 Å². The molecule has 0 bridgehead atoms. The maximum Gasteiger partial charge on any atom is 0.193 e. The van der Waals surface area contributed by atoms with E-state index >= 15 is 0 Å². The van der Waals surface area contributed by atoms with Gasteiger partial charge < -0.3 is 15.0 Å². The summed E-state index contributed by atoms with van der Waals surface area (Å²) in [7, 11) is 4.06. The molecule has 1 aromatic rings. The highest BCUT2D eigenvalue weighted by atomic mass is 16.5. The van der Waals surface area contributed by atoms with E-state index in [1.165, 1.54) is 24.8 Å². The molecule has 1 heterocycles. The quantitative estimate of drug-likeness (QED) is 0.498. The Hall–Kier alpha value is -1.55.